The second kappa shape index (κ2) is 11.1. The summed E-state index contributed by atoms with van der Waals surface area (Å²) in [4.78, 5) is 30.8. The van der Waals surface area contributed by atoms with E-state index in [0.717, 1.165) is 12.1 Å². The highest BCUT2D eigenvalue weighted by Crippen LogP contribution is 2.38. The zero-order valence-electron chi connectivity index (χ0n) is 20.7. The summed E-state index contributed by atoms with van der Waals surface area (Å²) in [5.41, 5.74) is 12.5. The smallest absolute Gasteiger partial charge is 0.397 e. The van der Waals surface area contributed by atoms with Gasteiger partial charge in [-0.2, -0.15) is 13.2 Å². The summed E-state index contributed by atoms with van der Waals surface area (Å²) in [5.74, 6) is -3.32. The molecule has 4 rings (SSSR count). The van der Waals surface area contributed by atoms with Crippen molar-refractivity contribution in [2.24, 2.45) is 17.0 Å². The Morgan fingerprint density at radius 3 is 2.51 bits per heavy atom. The number of carbonyl (C=O) groups is 2. The van der Waals surface area contributed by atoms with Crippen LogP contribution in [-0.4, -0.2) is 49.5 Å². The van der Waals surface area contributed by atoms with Gasteiger partial charge in [0.2, 0.25) is 11.8 Å². The van der Waals surface area contributed by atoms with Crippen molar-refractivity contribution in [3.05, 3.63) is 64.5 Å². The van der Waals surface area contributed by atoms with Crippen LogP contribution in [0.4, 0.5) is 24.5 Å². The average molecular weight is 565 g/mol. The number of carbonyl (C=O) groups excluding carboxylic acids is 2. The number of nitrogens with two attached hydrogens (primary N) is 1. The second-order valence-electron chi connectivity index (χ2n) is 9.72. The van der Waals surface area contributed by atoms with Crippen LogP contribution in [-0.2, 0) is 25.6 Å². The lowest BCUT2D eigenvalue weighted by Gasteiger charge is -2.40. The Morgan fingerprint density at radius 1 is 1.13 bits per heavy atom. The Morgan fingerprint density at radius 2 is 1.85 bits per heavy atom. The van der Waals surface area contributed by atoms with E-state index < -0.39 is 63.0 Å². The van der Waals surface area contributed by atoms with Gasteiger partial charge in [-0.3, -0.25) is 9.59 Å². The van der Waals surface area contributed by atoms with Crippen LogP contribution in [0.5, 0.6) is 0 Å². The predicted molar refractivity (Wildman–Crippen MR) is 137 cm³/mol. The van der Waals surface area contributed by atoms with Crippen LogP contribution in [0.2, 0.25) is 0 Å². The molecular formula is C25H27F3N6O4S. The zero-order valence-corrected chi connectivity index (χ0v) is 21.5. The number of likely N-dealkylation sites (tertiary alicyclic amines) is 1. The third-order valence-corrected chi connectivity index (χ3v) is 9.15. The molecule has 1 saturated carbocycles. The first-order valence-electron chi connectivity index (χ1n) is 12.3. The molecule has 10 nitrogen and oxygen atoms in total. The van der Waals surface area contributed by atoms with Gasteiger partial charge in [-0.25, -0.2) is 8.42 Å². The number of alkyl halides is 3. The molecule has 14 heteroatoms. The molecule has 208 valence electrons. The summed E-state index contributed by atoms with van der Waals surface area (Å²) in [6.45, 7) is 0.174. The SMILES string of the molecule is [N-]=[N+]=N[C@H]1CC[C@H](N2CCC(C(=O)Nc3cccc(C(F)(F)F)c3N)C2=O)[C@@H](CS(=O)(=O)c2ccccc2)C1. The molecule has 2 aliphatic rings. The maximum absolute atomic E-state index is 13.4. The van der Waals surface area contributed by atoms with Crippen molar-refractivity contribution < 1.29 is 31.2 Å². The van der Waals surface area contributed by atoms with E-state index in [1.165, 1.54) is 23.1 Å². The van der Waals surface area contributed by atoms with Crippen LogP contribution >= 0.6 is 0 Å². The van der Waals surface area contributed by atoms with Gasteiger partial charge < -0.3 is 16.0 Å². The number of amides is 2. The van der Waals surface area contributed by atoms with E-state index >= 15 is 0 Å². The molecule has 39 heavy (non-hydrogen) atoms. The van der Waals surface area contributed by atoms with Gasteiger partial charge in [-0.05, 0) is 61.4 Å². The Labute approximate surface area is 222 Å². The lowest BCUT2D eigenvalue weighted by molar-refractivity contribution is -0.139. The topological polar surface area (TPSA) is 158 Å². The van der Waals surface area contributed by atoms with Gasteiger partial charge in [0, 0.05) is 23.5 Å². The monoisotopic (exact) mass is 564 g/mol. The summed E-state index contributed by atoms with van der Waals surface area (Å²) < 4.78 is 65.9. The van der Waals surface area contributed by atoms with E-state index in [2.05, 4.69) is 15.3 Å². The number of hydrogen-bond acceptors (Lipinski definition) is 6. The van der Waals surface area contributed by atoms with Crippen LogP contribution in [0.15, 0.2) is 58.5 Å². The standard InChI is InChI=1S/C25H27F3N6O4S/c26-25(27,28)19-7-4-8-20(22(19)29)31-23(35)18-11-12-34(24(18)36)21-10-9-16(32-33-30)13-15(21)14-39(37,38)17-5-2-1-3-6-17/h1-8,15-16,18,21H,9-14,29H2,(H,31,35)/t15-,16+,18?,21+/m1/s1. The molecule has 1 heterocycles. The number of nitrogen functional groups attached to an aromatic ring is 1. The summed E-state index contributed by atoms with van der Waals surface area (Å²) in [7, 11) is -3.73. The van der Waals surface area contributed by atoms with Crippen molar-refractivity contribution in [2.75, 3.05) is 23.3 Å². The number of benzene rings is 2. The largest absolute Gasteiger partial charge is 0.418 e. The molecule has 2 aromatic carbocycles. The molecule has 0 radical (unpaired) electrons. The first kappa shape index (κ1) is 28.2. The molecule has 0 aromatic heterocycles. The number of sulfone groups is 1. The van der Waals surface area contributed by atoms with Gasteiger partial charge in [0.15, 0.2) is 9.84 Å². The molecule has 1 aliphatic heterocycles. The van der Waals surface area contributed by atoms with E-state index in [9.17, 15) is 31.2 Å². The minimum Gasteiger partial charge on any atom is -0.397 e. The fourth-order valence-corrected chi connectivity index (χ4v) is 7.10. The minimum atomic E-state index is -4.71. The van der Waals surface area contributed by atoms with Crippen LogP contribution in [0.1, 0.15) is 31.2 Å². The maximum Gasteiger partial charge on any atom is 0.418 e. The minimum absolute atomic E-state index is 0.109. The third kappa shape index (κ3) is 6.12. The third-order valence-electron chi connectivity index (χ3n) is 7.29. The van der Waals surface area contributed by atoms with Crippen LogP contribution in [0.25, 0.3) is 10.4 Å². The normalized spacial score (nSPS) is 23.8. The molecule has 3 N–H and O–H groups in total. The van der Waals surface area contributed by atoms with E-state index in [4.69, 9.17) is 11.3 Å². The van der Waals surface area contributed by atoms with Crippen molar-refractivity contribution in [3.63, 3.8) is 0 Å². The van der Waals surface area contributed by atoms with E-state index in [1.807, 2.05) is 0 Å². The lowest BCUT2D eigenvalue weighted by Crippen LogP contribution is -2.48. The van der Waals surface area contributed by atoms with Crippen LogP contribution in [0.3, 0.4) is 0 Å². The number of para-hydroxylation sites is 1. The molecule has 1 aliphatic carbocycles. The summed E-state index contributed by atoms with van der Waals surface area (Å²) >= 11 is 0. The van der Waals surface area contributed by atoms with Crippen LogP contribution in [0, 0.1) is 11.8 Å². The van der Waals surface area contributed by atoms with Crippen LogP contribution < -0.4 is 11.1 Å². The van der Waals surface area contributed by atoms with Gasteiger partial charge in [-0.15, -0.1) is 0 Å². The molecule has 2 amide bonds. The van der Waals surface area contributed by atoms with Crippen molar-refractivity contribution >= 4 is 33.0 Å². The van der Waals surface area contributed by atoms with Crippen molar-refractivity contribution in [1.82, 2.24) is 4.90 Å². The van der Waals surface area contributed by atoms with Gasteiger partial charge in [0.05, 0.1) is 27.6 Å². The second-order valence-corrected chi connectivity index (χ2v) is 11.8. The molecule has 1 saturated heterocycles. The zero-order chi connectivity index (χ0) is 28.4. The number of nitrogens with zero attached hydrogens (tertiary/aromatic N) is 4. The molecule has 2 fully saturated rings. The van der Waals surface area contributed by atoms with E-state index in [-0.39, 0.29) is 35.7 Å². The first-order chi connectivity index (χ1) is 18.4. The molecule has 4 atom stereocenters. The van der Waals surface area contributed by atoms with Crippen molar-refractivity contribution in [3.8, 4) is 0 Å². The fraction of sp³-hybridized carbons (Fsp3) is 0.440. The highest BCUT2D eigenvalue weighted by atomic mass is 32.2. The molecule has 0 spiro atoms. The van der Waals surface area contributed by atoms with E-state index in [0.29, 0.717) is 12.8 Å². The Hall–Kier alpha value is -3.77. The number of rotatable bonds is 7. The molecule has 1 unspecified atom stereocenters. The molecule has 0 bridgehead atoms. The predicted octanol–water partition coefficient (Wildman–Crippen LogP) is 4.40. The molecular weight excluding hydrogens is 537 g/mol. The Bertz CT molecular complexity index is 1400. The number of azide groups is 1. The number of nitrogens with one attached hydrogen (secondary N) is 1. The van der Waals surface area contributed by atoms with E-state index in [1.54, 1.807) is 18.2 Å². The highest BCUT2D eigenvalue weighted by molar-refractivity contribution is 7.91. The number of hydrogen-bond donors (Lipinski definition) is 2. The fourth-order valence-electron chi connectivity index (χ4n) is 5.41. The van der Waals surface area contributed by atoms with Crippen molar-refractivity contribution in [2.45, 2.75) is 48.8 Å². The highest BCUT2D eigenvalue weighted by Gasteiger charge is 2.45. The van der Waals surface area contributed by atoms with Gasteiger partial charge >= 0.3 is 6.18 Å². The summed E-state index contributed by atoms with van der Waals surface area (Å²) in [6.07, 6.45) is -3.54. The summed E-state index contributed by atoms with van der Waals surface area (Å²) in [6, 6.07) is 10.1. The maximum atomic E-state index is 13.4. The number of halogens is 3. The Balaban J connectivity index is 1.52. The van der Waals surface area contributed by atoms with Crippen molar-refractivity contribution in [1.29, 1.82) is 0 Å². The van der Waals surface area contributed by atoms with Gasteiger partial charge in [0.25, 0.3) is 0 Å². The molecule has 2 aromatic rings. The average Bonchev–Trinajstić information content (AvgIpc) is 3.26. The summed E-state index contributed by atoms with van der Waals surface area (Å²) in [5, 5.41) is 6.12. The number of anilines is 2. The van der Waals surface area contributed by atoms with Gasteiger partial charge in [0.1, 0.15) is 5.92 Å². The first-order valence-corrected chi connectivity index (χ1v) is 14.0. The quantitative estimate of drug-likeness (QED) is 0.167. The van der Waals surface area contributed by atoms with Gasteiger partial charge in [-0.1, -0.05) is 29.4 Å². The lowest BCUT2D eigenvalue weighted by atomic mass is 9.82. The Kier molecular flexibility index (Phi) is 8.07.